The van der Waals surface area contributed by atoms with Crippen LogP contribution in [0.25, 0.3) is 10.9 Å². The summed E-state index contributed by atoms with van der Waals surface area (Å²) >= 11 is 0. The Morgan fingerprint density at radius 3 is 2.14 bits per heavy atom. The fraction of sp³-hybridized carbons (Fsp3) is 0.207. The fourth-order valence-electron chi connectivity index (χ4n) is 4.52. The van der Waals surface area contributed by atoms with Gasteiger partial charge in [-0.15, -0.1) is 0 Å². The highest BCUT2D eigenvalue weighted by atomic mass is 16.4. The zero-order chi connectivity index (χ0) is 24.0. The van der Waals surface area contributed by atoms with Crippen LogP contribution in [-0.2, 0) is 25.9 Å². The second-order valence-electron chi connectivity index (χ2n) is 8.95. The lowest BCUT2D eigenvalue weighted by atomic mass is 9.96. The van der Waals surface area contributed by atoms with Gasteiger partial charge in [-0.3, -0.25) is 9.36 Å². The van der Waals surface area contributed by atoms with Crippen molar-refractivity contribution in [2.24, 2.45) is 5.16 Å². The van der Waals surface area contributed by atoms with Crippen molar-refractivity contribution in [3.63, 3.8) is 0 Å². The van der Waals surface area contributed by atoms with E-state index in [9.17, 15) is 0 Å². The number of benzene rings is 3. The number of rotatable bonds is 4. The maximum atomic E-state index is 8.82. The van der Waals surface area contributed by atoms with Gasteiger partial charge in [-0.2, -0.15) is 10.2 Å². The fourth-order valence-corrected chi connectivity index (χ4v) is 4.52. The number of nitrogens with zero attached hydrogens (tertiary/aromatic N) is 5. The molecule has 5 aromatic rings. The van der Waals surface area contributed by atoms with Crippen LogP contribution in [0.4, 0.5) is 0 Å². The molecule has 35 heavy (non-hydrogen) atoms. The Hall–Kier alpha value is -4.19. The maximum Gasteiger partial charge on any atom is 0.0686 e. The van der Waals surface area contributed by atoms with E-state index in [1.807, 2.05) is 41.3 Å². The van der Waals surface area contributed by atoms with Crippen LogP contribution < -0.4 is 0 Å². The van der Waals surface area contributed by atoms with Crippen molar-refractivity contribution in [2.45, 2.75) is 39.3 Å². The van der Waals surface area contributed by atoms with Crippen LogP contribution in [0.1, 0.15) is 34.4 Å². The molecular formula is C29H29N5O. The van der Waals surface area contributed by atoms with Crippen molar-refractivity contribution in [3.8, 4) is 0 Å². The molecule has 1 N–H and O–H groups in total. The standard InChI is InChI=1S/C15H14N2.C14H15N3O/c1-12-7-8-15-14(9-12)10-16-17(15)11-13-5-3-2-4-6-13;18-16-13-6-7-14-12(8-13)9-15-17(14)10-11-4-2-1-3-5-11/h2-10H,11H2,1H3;1-5,9,18H,6-8,10H2/b;16-13+. The molecule has 1 aliphatic rings. The smallest absolute Gasteiger partial charge is 0.0686 e. The van der Waals surface area contributed by atoms with Gasteiger partial charge in [0.25, 0.3) is 0 Å². The van der Waals surface area contributed by atoms with E-state index in [4.69, 9.17) is 5.21 Å². The van der Waals surface area contributed by atoms with Gasteiger partial charge >= 0.3 is 0 Å². The summed E-state index contributed by atoms with van der Waals surface area (Å²) in [6, 6.07) is 27.2. The van der Waals surface area contributed by atoms with E-state index in [1.165, 1.54) is 38.9 Å². The minimum Gasteiger partial charge on any atom is -0.411 e. The van der Waals surface area contributed by atoms with Gasteiger partial charge in [0.2, 0.25) is 0 Å². The monoisotopic (exact) mass is 463 g/mol. The van der Waals surface area contributed by atoms with Gasteiger partial charge in [-0.1, -0.05) is 77.4 Å². The van der Waals surface area contributed by atoms with Crippen molar-refractivity contribution < 1.29 is 5.21 Å². The van der Waals surface area contributed by atoms with E-state index < -0.39 is 0 Å². The van der Waals surface area contributed by atoms with Gasteiger partial charge in [0.05, 0.1) is 36.7 Å². The largest absolute Gasteiger partial charge is 0.411 e. The first-order valence-corrected chi connectivity index (χ1v) is 11.9. The van der Waals surface area contributed by atoms with Crippen LogP contribution in [0.15, 0.2) is 96.4 Å². The third kappa shape index (κ3) is 5.32. The lowest BCUT2D eigenvalue weighted by molar-refractivity contribution is 0.316. The number of hydrogen-bond donors (Lipinski definition) is 1. The average Bonchev–Trinajstić information content (AvgIpc) is 3.48. The summed E-state index contributed by atoms with van der Waals surface area (Å²) in [7, 11) is 0. The van der Waals surface area contributed by atoms with Crippen LogP contribution in [-0.4, -0.2) is 30.5 Å². The highest BCUT2D eigenvalue weighted by Crippen LogP contribution is 2.20. The van der Waals surface area contributed by atoms with Crippen molar-refractivity contribution in [1.82, 2.24) is 19.6 Å². The lowest BCUT2D eigenvalue weighted by Gasteiger charge is -2.15. The van der Waals surface area contributed by atoms with Crippen molar-refractivity contribution in [2.75, 3.05) is 0 Å². The number of hydrogen-bond acceptors (Lipinski definition) is 4. The maximum absolute atomic E-state index is 8.82. The van der Waals surface area contributed by atoms with E-state index in [2.05, 4.69) is 81.6 Å². The Kier molecular flexibility index (Phi) is 6.70. The summed E-state index contributed by atoms with van der Waals surface area (Å²) in [5, 5.41) is 22.2. The lowest BCUT2D eigenvalue weighted by Crippen LogP contribution is -2.16. The van der Waals surface area contributed by atoms with E-state index in [0.717, 1.165) is 38.1 Å². The Morgan fingerprint density at radius 2 is 1.46 bits per heavy atom. The van der Waals surface area contributed by atoms with Gasteiger partial charge in [0.1, 0.15) is 0 Å². The van der Waals surface area contributed by atoms with Gasteiger partial charge in [-0.25, -0.2) is 0 Å². The highest BCUT2D eigenvalue weighted by molar-refractivity contribution is 5.87. The van der Waals surface area contributed by atoms with Gasteiger partial charge in [0, 0.05) is 17.5 Å². The summed E-state index contributed by atoms with van der Waals surface area (Å²) in [4.78, 5) is 0. The van der Waals surface area contributed by atoms with Crippen molar-refractivity contribution >= 4 is 16.6 Å². The quantitative estimate of drug-likeness (QED) is 0.277. The molecule has 6 nitrogen and oxygen atoms in total. The predicted octanol–water partition coefficient (Wildman–Crippen LogP) is 5.64. The second-order valence-corrected chi connectivity index (χ2v) is 8.95. The highest BCUT2D eigenvalue weighted by Gasteiger charge is 2.19. The molecule has 2 aromatic heterocycles. The molecule has 0 unspecified atom stereocenters. The van der Waals surface area contributed by atoms with Gasteiger partial charge < -0.3 is 5.21 Å². The molecule has 0 saturated heterocycles. The molecule has 0 amide bonds. The molecule has 2 heterocycles. The molecule has 0 fully saturated rings. The topological polar surface area (TPSA) is 68.2 Å². The first-order valence-electron chi connectivity index (χ1n) is 11.9. The molecule has 3 aromatic carbocycles. The molecular weight excluding hydrogens is 434 g/mol. The van der Waals surface area contributed by atoms with Crippen LogP contribution in [0.3, 0.4) is 0 Å². The summed E-state index contributed by atoms with van der Waals surface area (Å²) < 4.78 is 4.10. The number of aromatic nitrogens is 4. The molecule has 0 atom stereocenters. The van der Waals surface area contributed by atoms with Crippen molar-refractivity contribution in [3.05, 3.63) is 119 Å². The van der Waals surface area contributed by atoms with E-state index in [-0.39, 0.29) is 0 Å². The van der Waals surface area contributed by atoms with E-state index in [0.29, 0.717) is 0 Å². The number of aryl methyl sites for hydroxylation is 1. The first kappa shape index (κ1) is 22.6. The van der Waals surface area contributed by atoms with E-state index in [1.54, 1.807) is 0 Å². The molecule has 0 bridgehead atoms. The first-order chi connectivity index (χ1) is 17.2. The predicted molar refractivity (Wildman–Crippen MR) is 139 cm³/mol. The zero-order valence-electron chi connectivity index (χ0n) is 19.9. The second kappa shape index (κ2) is 10.4. The zero-order valence-corrected chi connectivity index (χ0v) is 19.9. The number of oxime groups is 1. The third-order valence-electron chi connectivity index (χ3n) is 6.37. The summed E-state index contributed by atoms with van der Waals surface area (Å²) in [6.45, 7) is 3.74. The molecule has 0 spiro atoms. The molecule has 6 heteroatoms. The average molecular weight is 464 g/mol. The summed E-state index contributed by atoms with van der Waals surface area (Å²) in [5.74, 6) is 0. The van der Waals surface area contributed by atoms with Crippen LogP contribution in [0, 0.1) is 6.92 Å². The minimum absolute atomic E-state index is 0.723. The van der Waals surface area contributed by atoms with Crippen LogP contribution in [0.2, 0.25) is 0 Å². The minimum atomic E-state index is 0.723. The molecule has 0 aliphatic heterocycles. The van der Waals surface area contributed by atoms with Crippen LogP contribution >= 0.6 is 0 Å². The third-order valence-corrected chi connectivity index (χ3v) is 6.37. The van der Waals surface area contributed by atoms with E-state index >= 15 is 0 Å². The van der Waals surface area contributed by atoms with Gasteiger partial charge in [0.15, 0.2) is 0 Å². The molecule has 176 valence electrons. The Labute approximate surface area is 205 Å². The normalized spacial score (nSPS) is 13.9. The molecule has 6 rings (SSSR count). The SMILES string of the molecule is Cc1ccc2c(cnn2Cc2ccccc2)c1.O/N=C1\CCc2c(cnn2Cc2ccccc2)C1. The Morgan fingerprint density at radius 1 is 0.800 bits per heavy atom. The van der Waals surface area contributed by atoms with Gasteiger partial charge in [-0.05, 0) is 48.6 Å². The summed E-state index contributed by atoms with van der Waals surface area (Å²) in [6.07, 6.45) is 6.28. The molecule has 1 aliphatic carbocycles. The van der Waals surface area contributed by atoms with Crippen LogP contribution in [0.5, 0.6) is 0 Å². The molecule has 0 radical (unpaired) electrons. The molecule has 0 saturated carbocycles. The summed E-state index contributed by atoms with van der Waals surface area (Å²) in [5.41, 5.74) is 8.30. The van der Waals surface area contributed by atoms with Crippen molar-refractivity contribution in [1.29, 1.82) is 0 Å². The number of fused-ring (bicyclic) bond motifs is 2. The Bertz CT molecular complexity index is 1430. The Balaban J connectivity index is 0.000000145.